The number of halogens is 1. The monoisotopic (exact) mass is 273 g/mol. The van der Waals surface area contributed by atoms with Crippen LogP contribution in [0, 0.1) is 27.3 Å². The van der Waals surface area contributed by atoms with Gasteiger partial charge in [0.1, 0.15) is 11.6 Å². The third-order valence-electron chi connectivity index (χ3n) is 2.74. The van der Waals surface area contributed by atoms with Crippen molar-refractivity contribution in [3.8, 4) is 6.07 Å². The molecule has 7 heteroatoms. The molecule has 0 aliphatic rings. The molecule has 20 heavy (non-hydrogen) atoms. The Labute approximate surface area is 112 Å². The summed E-state index contributed by atoms with van der Waals surface area (Å²) in [5, 5.41) is 19.4. The Morgan fingerprint density at radius 2 is 2.10 bits per heavy atom. The van der Waals surface area contributed by atoms with Crippen molar-refractivity contribution in [3.05, 3.63) is 73.9 Å². The Kier molecular flexibility index (Phi) is 3.57. The van der Waals surface area contributed by atoms with Crippen LogP contribution in [0.2, 0.25) is 0 Å². The lowest BCUT2D eigenvalue weighted by Gasteiger charge is -2.07. The average Bonchev–Trinajstić information content (AvgIpc) is 2.43. The minimum atomic E-state index is -0.980. The summed E-state index contributed by atoms with van der Waals surface area (Å²) in [6.07, 6.45) is 1.39. The van der Waals surface area contributed by atoms with Crippen molar-refractivity contribution < 1.29 is 9.31 Å². The van der Waals surface area contributed by atoms with Gasteiger partial charge in [-0.2, -0.15) is 9.65 Å². The Balaban J connectivity index is 2.47. The van der Waals surface area contributed by atoms with E-state index in [0.717, 1.165) is 10.6 Å². The van der Waals surface area contributed by atoms with Crippen LogP contribution in [-0.2, 0) is 6.54 Å². The Morgan fingerprint density at radius 3 is 2.75 bits per heavy atom. The Hall–Kier alpha value is -3.01. The summed E-state index contributed by atoms with van der Waals surface area (Å²) >= 11 is 0. The largest absolute Gasteiger partial charge is 0.310 e. The molecule has 0 aliphatic carbocycles. The molecule has 0 spiro atoms. The van der Waals surface area contributed by atoms with Gasteiger partial charge in [0.15, 0.2) is 0 Å². The maximum atomic E-state index is 13.9. The van der Waals surface area contributed by atoms with Crippen LogP contribution in [0.25, 0.3) is 0 Å². The molecule has 100 valence electrons. The van der Waals surface area contributed by atoms with E-state index in [1.807, 2.05) is 0 Å². The van der Waals surface area contributed by atoms with Gasteiger partial charge in [0, 0.05) is 17.8 Å². The lowest BCUT2D eigenvalue weighted by molar-refractivity contribution is -0.387. The quantitative estimate of drug-likeness (QED) is 0.630. The van der Waals surface area contributed by atoms with Crippen molar-refractivity contribution in [1.29, 1.82) is 5.26 Å². The highest BCUT2D eigenvalue weighted by Crippen LogP contribution is 2.20. The minimum Gasteiger partial charge on any atom is -0.310 e. The van der Waals surface area contributed by atoms with E-state index in [0.29, 0.717) is 0 Å². The Bertz CT molecular complexity index is 777. The fraction of sp³-hybridized carbons (Fsp3) is 0.0769. The normalized spacial score (nSPS) is 10.0. The number of nitro groups is 1. The van der Waals surface area contributed by atoms with Gasteiger partial charge in [-0.05, 0) is 12.1 Å². The summed E-state index contributed by atoms with van der Waals surface area (Å²) in [5.41, 5.74) is -1.28. The van der Waals surface area contributed by atoms with Gasteiger partial charge >= 0.3 is 5.69 Å². The molecule has 1 aromatic heterocycles. The fourth-order valence-corrected chi connectivity index (χ4v) is 1.76. The SMILES string of the molecule is N#Cc1cccn(Cc2cccc([N+](=O)[O-])c2F)c1=O. The zero-order valence-corrected chi connectivity index (χ0v) is 10.1. The van der Waals surface area contributed by atoms with Gasteiger partial charge in [-0.1, -0.05) is 12.1 Å². The predicted molar refractivity (Wildman–Crippen MR) is 67.6 cm³/mol. The topological polar surface area (TPSA) is 88.9 Å². The van der Waals surface area contributed by atoms with Crippen LogP contribution in [-0.4, -0.2) is 9.49 Å². The van der Waals surface area contributed by atoms with Crippen LogP contribution in [0.1, 0.15) is 11.1 Å². The van der Waals surface area contributed by atoms with Gasteiger partial charge in [0.25, 0.3) is 5.56 Å². The van der Waals surface area contributed by atoms with Crippen LogP contribution in [0.3, 0.4) is 0 Å². The summed E-state index contributed by atoms with van der Waals surface area (Å²) in [6, 6.07) is 8.31. The number of hydrogen-bond acceptors (Lipinski definition) is 4. The van der Waals surface area contributed by atoms with Gasteiger partial charge in [-0.25, -0.2) is 0 Å². The van der Waals surface area contributed by atoms with E-state index in [-0.39, 0.29) is 17.7 Å². The Morgan fingerprint density at radius 1 is 1.35 bits per heavy atom. The third-order valence-corrected chi connectivity index (χ3v) is 2.74. The second-order valence-corrected chi connectivity index (χ2v) is 3.97. The first-order valence-corrected chi connectivity index (χ1v) is 5.56. The van der Waals surface area contributed by atoms with Crippen LogP contribution in [0.4, 0.5) is 10.1 Å². The van der Waals surface area contributed by atoms with Gasteiger partial charge < -0.3 is 4.57 Å². The van der Waals surface area contributed by atoms with Crippen LogP contribution in [0.15, 0.2) is 41.3 Å². The molecule has 0 N–H and O–H groups in total. The molecule has 0 unspecified atom stereocenters. The van der Waals surface area contributed by atoms with Gasteiger partial charge in [-0.3, -0.25) is 14.9 Å². The van der Waals surface area contributed by atoms with Crippen LogP contribution >= 0.6 is 0 Å². The van der Waals surface area contributed by atoms with Crippen LogP contribution in [0.5, 0.6) is 0 Å². The molecule has 0 aliphatic heterocycles. The molecule has 1 heterocycles. The number of nitro benzene ring substituents is 1. The van der Waals surface area contributed by atoms with Crippen molar-refractivity contribution in [2.75, 3.05) is 0 Å². The number of hydrogen-bond donors (Lipinski definition) is 0. The first-order valence-electron chi connectivity index (χ1n) is 5.56. The standard InChI is InChI=1S/C13H8FN3O3/c14-12-10(3-1-5-11(12)17(19)20)8-16-6-2-4-9(7-15)13(16)18/h1-6H,8H2. The fourth-order valence-electron chi connectivity index (χ4n) is 1.76. The van der Waals surface area contributed by atoms with E-state index in [1.165, 1.54) is 30.5 Å². The first-order chi connectivity index (χ1) is 9.54. The maximum absolute atomic E-state index is 13.9. The van der Waals surface area contributed by atoms with Gasteiger partial charge in [0.05, 0.1) is 11.5 Å². The lowest BCUT2D eigenvalue weighted by Crippen LogP contribution is -2.22. The van der Waals surface area contributed by atoms with Crippen molar-refractivity contribution in [1.82, 2.24) is 4.57 Å². The molecule has 0 bridgehead atoms. The van der Waals surface area contributed by atoms with E-state index in [1.54, 1.807) is 6.07 Å². The highest BCUT2D eigenvalue weighted by atomic mass is 19.1. The molecule has 1 aromatic carbocycles. The first kappa shape index (κ1) is 13.4. The highest BCUT2D eigenvalue weighted by molar-refractivity contribution is 5.37. The zero-order chi connectivity index (χ0) is 14.7. The summed E-state index contributed by atoms with van der Waals surface area (Å²) in [5.74, 6) is -0.980. The molecule has 2 aromatic rings. The molecule has 2 rings (SSSR count). The molecule has 0 fully saturated rings. The molecular formula is C13H8FN3O3. The number of benzene rings is 1. The third kappa shape index (κ3) is 2.40. The van der Waals surface area contributed by atoms with Gasteiger partial charge in [-0.15, -0.1) is 0 Å². The number of aromatic nitrogens is 1. The molecule has 0 saturated carbocycles. The van der Waals surface area contributed by atoms with E-state index >= 15 is 0 Å². The summed E-state index contributed by atoms with van der Waals surface area (Å²) in [4.78, 5) is 21.6. The zero-order valence-electron chi connectivity index (χ0n) is 10.1. The average molecular weight is 273 g/mol. The second-order valence-electron chi connectivity index (χ2n) is 3.97. The molecule has 0 amide bonds. The van der Waals surface area contributed by atoms with E-state index in [2.05, 4.69) is 0 Å². The molecule has 6 nitrogen and oxygen atoms in total. The summed E-state index contributed by atoms with van der Waals surface area (Å²) < 4.78 is 15.0. The molecule has 0 radical (unpaired) electrons. The minimum absolute atomic E-state index is 0.0105. The number of nitriles is 1. The smallest absolute Gasteiger partial charge is 0.305 e. The highest BCUT2D eigenvalue weighted by Gasteiger charge is 2.17. The van der Waals surface area contributed by atoms with Crippen LogP contribution < -0.4 is 5.56 Å². The van der Waals surface area contributed by atoms with Gasteiger partial charge in [0.2, 0.25) is 5.82 Å². The summed E-state index contributed by atoms with van der Waals surface area (Å²) in [6.45, 7) is -0.179. The molecule has 0 atom stereocenters. The number of nitrogens with zero attached hydrogens (tertiary/aromatic N) is 3. The van der Waals surface area contributed by atoms with E-state index in [9.17, 15) is 19.3 Å². The van der Waals surface area contributed by atoms with Crippen molar-refractivity contribution >= 4 is 5.69 Å². The molecule has 0 saturated heterocycles. The maximum Gasteiger partial charge on any atom is 0.305 e. The lowest BCUT2D eigenvalue weighted by atomic mass is 10.1. The van der Waals surface area contributed by atoms with E-state index < -0.39 is 22.0 Å². The predicted octanol–water partition coefficient (Wildman–Crippen LogP) is 1.82. The van der Waals surface area contributed by atoms with Crippen molar-refractivity contribution in [3.63, 3.8) is 0 Å². The molecular weight excluding hydrogens is 265 g/mol. The van der Waals surface area contributed by atoms with E-state index in [4.69, 9.17) is 5.26 Å². The van der Waals surface area contributed by atoms with Crippen molar-refractivity contribution in [2.45, 2.75) is 6.54 Å². The number of pyridine rings is 1. The summed E-state index contributed by atoms with van der Waals surface area (Å²) in [7, 11) is 0. The number of rotatable bonds is 3. The van der Waals surface area contributed by atoms with Crippen molar-refractivity contribution in [2.24, 2.45) is 0 Å². The second kappa shape index (κ2) is 5.32.